The van der Waals surface area contributed by atoms with Gasteiger partial charge in [-0.05, 0) is 61.8 Å². The van der Waals surface area contributed by atoms with Crippen molar-refractivity contribution < 1.29 is 28.8 Å². The van der Waals surface area contributed by atoms with Crippen LogP contribution < -0.4 is 21.3 Å². The summed E-state index contributed by atoms with van der Waals surface area (Å²) in [4.78, 5) is 52.9. The standard InChI is InChI=1S/C34H47ClN4O6S2/c1-4-36-34(44)31(41)27(20-24-14-16-25(35)17-15-24)38-33(43)30(22(2)3)39-32(42)28(21-23-10-6-5-7-11-23)37-29(40)13-9-8-12-26-18-19-46-47(26)45/h5-7,10-11,14-17,22,26-28,30-31,41H,4,8-9,12-13,18-21H2,1-3H3,(H,36,44)(H,37,40)(H,38,43)(H,39,42)/t26?,27-,28-,30-,31?,47?/m0/s1. The SMILES string of the molecule is CCNC(=O)C(O)[C@H](Cc1ccc(Cl)cc1)NC(=O)[C@@H](NC(=O)[C@H](Cc1ccccc1)NC(=O)CCCCC1CCS[S+]1[O-])C(C)C. The number of amides is 4. The molecule has 1 heterocycles. The fourth-order valence-electron chi connectivity index (χ4n) is 5.32. The summed E-state index contributed by atoms with van der Waals surface area (Å²) in [6, 6.07) is 13.2. The molecular weight excluding hydrogens is 660 g/mol. The summed E-state index contributed by atoms with van der Waals surface area (Å²) in [5, 5.41) is 22.6. The van der Waals surface area contributed by atoms with Crippen molar-refractivity contribution in [2.75, 3.05) is 12.3 Å². The number of carbonyl (C=O) groups excluding carboxylic acids is 4. The van der Waals surface area contributed by atoms with Gasteiger partial charge in [-0.3, -0.25) is 19.2 Å². The molecule has 0 radical (unpaired) electrons. The predicted molar refractivity (Wildman–Crippen MR) is 188 cm³/mol. The lowest BCUT2D eigenvalue weighted by Gasteiger charge is -2.29. The predicted octanol–water partition coefficient (Wildman–Crippen LogP) is 3.46. The molecule has 47 heavy (non-hydrogen) atoms. The molecule has 1 aliphatic rings. The third-order valence-electron chi connectivity index (χ3n) is 7.97. The number of hydrogen-bond donors (Lipinski definition) is 5. The van der Waals surface area contributed by atoms with Crippen LogP contribution in [0, 0.1) is 5.92 Å². The summed E-state index contributed by atoms with van der Waals surface area (Å²) < 4.78 is 12.0. The molecule has 6 atom stereocenters. The second-order valence-electron chi connectivity index (χ2n) is 12.1. The van der Waals surface area contributed by atoms with Crippen molar-refractivity contribution in [1.29, 1.82) is 0 Å². The van der Waals surface area contributed by atoms with Crippen LogP contribution in [-0.2, 0) is 42.2 Å². The average molecular weight is 707 g/mol. The minimum Gasteiger partial charge on any atom is -0.605 e. The van der Waals surface area contributed by atoms with Gasteiger partial charge < -0.3 is 30.9 Å². The normalized spacial score (nSPS) is 18.5. The van der Waals surface area contributed by atoms with E-state index in [0.29, 0.717) is 18.0 Å². The second kappa shape index (κ2) is 19.9. The highest BCUT2D eigenvalue weighted by Gasteiger charge is 2.34. The molecule has 1 fully saturated rings. The number of carbonyl (C=O) groups is 4. The Morgan fingerprint density at radius 3 is 2.23 bits per heavy atom. The molecule has 3 rings (SSSR count). The van der Waals surface area contributed by atoms with Gasteiger partial charge in [-0.25, -0.2) is 0 Å². The Morgan fingerprint density at radius 2 is 1.62 bits per heavy atom. The van der Waals surface area contributed by atoms with Crippen LogP contribution in [0.4, 0.5) is 0 Å². The monoisotopic (exact) mass is 706 g/mol. The first-order chi connectivity index (χ1) is 22.5. The van der Waals surface area contributed by atoms with Crippen molar-refractivity contribution in [3.05, 3.63) is 70.7 Å². The molecule has 1 aliphatic heterocycles. The number of rotatable bonds is 18. The van der Waals surface area contributed by atoms with Gasteiger partial charge in [-0.15, -0.1) is 0 Å². The average Bonchev–Trinajstić information content (AvgIpc) is 3.46. The lowest BCUT2D eigenvalue weighted by Crippen LogP contribution is -2.59. The second-order valence-corrected chi connectivity index (χ2v) is 16.0. The van der Waals surface area contributed by atoms with E-state index in [4.69, 9.17) is 11.6 Å². The molecule has 258 valence electrons. The number of halogens is 1. The summed E-state index contributed by atoms with van der Waals surface area (Å²) in [6.45, 7) is 5.59. The van der Waals surface area contributed by atoms with Gasteiger partial charge in [0.05, 0.1) is 16.8 Å². The van der Waals surface area contributed by atoms with E-state index in [-0.39, 0.29) is 36.3 Å². The maximum Gasteiger partial charge on any atom is 0.250 e. The van der Waals surface area contributed by atoms with Crippen LogP contribution in [0.2, 0.25) is 5.02 Å². The van der Waals surface area contributed by atoms with Gasteiger partial charge in [0.2, 0.25) is 17.7 Å². The number of benzene rings is 2. The molecule has 0 aromatic heterocycles. The zero-order chi connectivity index (χ0) is 34.3. The van der Waals surface area contributed by atoms with Crippen LogP contribution in [0.15, 0.2) is 54.6 Å². The van der Waals surface area contributed by atoms with Crippen LogP contribution in [0.25, 0.3) is 0 Å². The van der Waals surface area contributed by atoms with E-state index in [0.717, 1.165) is 36.1 Å². The molecule has 13 heteroatoms. The van der Waals surface area contributed by atoms with Crippen molar-refractivity contribution in [3.8, 4) is 0 Å². The molecule has 5 N–H and O–H groups in total. The van der Waals surface area contributed by atoms with E-state index in [2.05, 4.69) is 21.3 Å². The van der Waals surface area contributed by atoms with Crippen LogP contribution in [0.5, 0.6) is 0 Å². The van der Waals surface area contributed by atoms with Crippen molar-refractivity contribution in [2.24, 2.45) is 5.92 Å². The molecular formula is C34H47ClN4O6S2. The van der Waals surface area contributed by atoms with E-state index >= 15 is 0 Å². The van der Waals surface area contributed by atoms with Crippen LogP contribution in [0.3, 0.4) is 0 Å². The smallest absolute Gasteiger partial charge is 0.250 e. The fourth-order valence-corrected chi connectivity index (χ4v) is 8.93. The first-order valence-electron chi connectivity index (χ1n) is 16.2. The van der Waals surface area contributed by atoms with Gasteiger partial charge >= 0.3 is 0 Å². The Hall–Kier alpha value is -2.77. The summed E-state index contributed by atoms with van der Waals surface area (Å²) >= 11 is 6.02. The molecule has 0 aliphatic carbocycles. The lowest BCUT2D eigenvalue weighted by molar-refractivity contribution is -0.135. The molecule has 0 spiro atoms. The largest absolute Gasteiger partial charge is 0.605 e. The van der Waals surface area contributed by atoms with Gasteiger partial charge in [0.25, 0.3) is 5.91 Å². The molecule has 1 saturated heterocycles. The highest BCUT2D eigenvalue weighted by atomic mass is 35.5. The minimum atomic E-state index is -1.55. The van der Waals surface area contributed by atoms with Gasteiger partial charge in [0.15, 0.2) is 6.10 Å². The van der Waals surface area contributed by atoms with E-state index < -0.39 is 52.2 Å². The Bertz CT molecular complexity index is 1300. The number of hydrogen-bond acceptors (Lipinski definition) is 7. The summed E-state index contributed by atoms with van der Waals surface area (Å²) in [5.41, 5.74) is 1.59. The van der Waals surface area contributed by atoms with Gasteiger partial charge in [0, 0.05) is 46.8 Å². The first kappa shape index (κ1) is 38.7. The van der Waals surface area contributed by atoms with Crippen molar-refractivity contribution in [3.63, 3.8) is 0 Å². The molecule has 4 amide bonds. The fraction of sp³-hybridized carbons (Fsp3) is 0.529. The summed E-state index contributed by atoms with van der Waals surface area (Å²) in [7, 11) is 0.628. The Morgan fingerprint density at radius 1 is 0.936 bits per heavy atom. The Labute approximate surface area is 289 Å². The molecule has 3 unspecified atom stereocenters. The minimum absolute atomic E-state index is 0.141. The quantitative estimate of drug-likeness (QED) is 0.0902. The van der Waals surface area contributed by atoms with Gasteiger partial charge in [0.1, 0.15) is 17.3 Å². The highest BCUT2D eigenvalue weighted by molar-refractivity contribution is 8.72. The highest BCUT2D eigenvalue weighted by Crippen LogP contribution is 2.33. The number of likely N-dealkylation sites (N-methyl/N-ethyl adjacent to an activating group) is 1. The topological polar surface area (TPSA) is 160 Å². The third kappa shape index (κ3) is 13.0. The number of aliphatic hydroxyl groups excluding tert-OH is 1. The van der Waals surface area contributed by atoms with Crippen molar-refractivity contribution in [1.82, 2.24) is 21.3 Å². The van der Waals surface area contributed by atoms with Gasteiger partial charge in [-0.2, -0.15) is 0 Å². The summed E-state index contributed by atoms with van der Waals surface area (Å²) in [5.74, 6) is -1.44. The molecule has 10 nitrogen and oxygen atoms in total. The first-order valence-corrected chi connectivity index (χ1v) is 19.3. The zero-order valence-corrected chi connectivity index (χ0v) is 29.6. The van der Waals surface area contributed by atoms with Crippen LogP contribution >= 0.6 is 22.4 Å². The molecule has 2 aromatic carbocycles. The van der Waals surface area contributed by atoms with E-state index in [1.807, 2.05) is 30.3 Å². The van der Waals surface area contributed by atoms with E-state index in [1.54, 1.807) is 45.0 Å². The number of nitrogens with one attached hydrogen (secondary N) is 4. The Balaban J connectivity index is 1.70. The Kier molecular flexibility index (Phi) is 16.4. The zero-order valence-electron chi connectivity index (χ0n) is 27.2. The maximum absolute atomic E-state index is 13.7. The lowest BCUT2D eigenvalue weighted by atomic mass is 9.97. The molecule has 0 bridgehead atoms. The molecule has 0 saturated carbocycles. The van der Waals surface area contributed by atoms with Crippen LogP contribution in [0.1, 0.15) is 64.0 Å². The summed E-state index contributed by atoms with van der Waals surface area (Å²) in [6.07, 6.45) is 2.16. The molecule has 2 aromatic rings. The van der Waals surface area contributed by atoms with E-state index in [1.165, 1.54) is 10.8 Å². The van der Waals surface area contributed by atoms with Crippen molar-refractivity contribution >= 4 is 56.2 Å². The van der Waals surface area contributed by atoms with Crippen molar-refractivity contribution in [2.45, 2.75) is 95.2 Å². The number of unbranched alkanes of at least 4 members (excludes halogenated alkanes) is 1. The number of aliphatic hydroxyl groups is 1. The van der Waals surface area contributed by atoms with Gasteiger partial charge in [-0.1, -0.05) is 67.9 Å². The maximum atomic E-state index is 13.7. The third-order valence-corrected chi connectivity index (χ3v) is 11.9. The van der Waals surface area contributed by atoms with E-state index in [9.17, 15) is 28.8 Å². The van der Waals surface area contributed by atoms with Crippen LogP contribution in [-0.4, -0.2) is 75.1 Å².